The molecule has 0 bridgehead atoms. The molecule has 0 spiro atoms. The van der Waals surface area contributed by atoms with Gasteiger partial charge in [-0.25, -0.2) is 0 Å². The lowest BCUT2D eigenvalue weighted by Crippen LogP contribution is -2.47. The fourth-order valence-electron chi connectivity index (χ4n) is 4.59. The minimum absolute atomic E-state index is 0.0433. The molecule has 21 heavy (non-hydrogen) atoms. The number of hydrogen-bond acceptors (Lipinski definition) is 2. The third-order valence-corrected chi connectivity index (χ3v) is 5.54. The van der Waals surface area contributed by atoms with E-state index in [1.54, 1.807) is 0 Å². The van der Waals surface area contributed by atoms with Crippen molar-refractivity contribution < 1.29 is 4.74 Å². The van der Waals surface area contributed by atoms with E-state index in [2.05, 4.69) is 52.0 Å². The smallest absolute Gasteiger partial charge is 0.0677 e. The molecule has 1 aliphatic heterocycles. The van der Waals surface area contributed by atoms with Gasteiger partial charge in [-0.2, -0.15) is 0 Å². The lowest BCUT2D eigenvalue weighted by atomic mass is 9.71. The van der Waals surface area contributed by atoms with Crippen molar-refractivity contribution in [2.24, 2.45) is 17.6 Å². The van der Waals surface area contributed by atoms with Crippen molar-refractivity contribution in [2.45, 2.75) is 70.6 Å². The van der Waals surface area contributed by atoms with Gasteiger partial charge in [-0.05, 0) is 70.4 Å². The highest BCUT2D eigenvalue weighted by molar-refractivity contribution is 5.30. The summed E-state index contributed by atoms with van der Waals surface area (Å²) in [4.78, 5) is 0. The summed E-state index contributed by atoms with van der Waals surface area (Å²) in [6, 6.07) is 9.07. The Bertz CT molecular complexity index is 520. The van der Waals surface area contributed by atoms with E-state index in [1.165, 1.54) is 24.0 Å². The molecule has 1 aromatic carbocycles. The highest BCUT2D eigenvalue weighted by atomic mass is 16.5. The Hall–Kier alpha value is -0.860. The second-order valence-corrected chi connectivity index (χ2v) is 8.12. The molecule has 0 radical (unpaired) electrons. The largest absolute Gasteiger partial charge is 0.369 e. The van der Waals surface area contributed by atoms with Crippen LogP contribution in [0.25, 0.3) is 0 Å². The number of rotatable bonds is 2. The summed E-state index contributed by atoms with van der Waals surface area (Å²) in [6.45, 7) is 8.81. The van der Waals surface area contributed by atoms with Crippen LogP contribution in [0.15, 0.2) is 24.3 Å². The van der Waals surface area contributed by atoms with E-state index in [9.17, 15) is 0 Å². The molecule has 1 aromatic rings. The molecular formula is C19H29NO. The number of nitrogens with two attached hydrogens (primary N) is 1. The van der Waals surface area contributed by atoms with Crippen molar-refractivity contribution in [1.29, 1.82) is 0 Å². The number of ether oxygens (including phenoxy) is 1. The van der Waals surface area contributed by atoms with Gasteiger partial charge < -0.3 is 10.5 Å². The van der Waals surface area contributed by atoms with Gasteiger partial charge in [0.25, 0.3) is 0 Å². The molecule has 3 rings (SSSR count). The van der Waals surface area contributed by atoms with Gasteiger partial charge in [0.15, 0.2) is 0 Å². The van der Waals surface area contributed by atoms with E-state index in [4.69, 9.17) is 10.5 Å². The van der Waals surface area contributed by atoms with E-state index in [0.717, 1.165) is 12.8 Å². The third kappa shape index (κ3) is 2.89. The SMILES string of the molecule is CC1(C)CC(C(N)C2CCc3ccccc3C2)C(C)(C)O1. The molecule has 1 saturated heterocycles. The third-order valence-electron chi connectivity index (χ3n) is 5.54. The fourth-order valence-corrected chi connectivity index (χ4v) is 4.59. The molecule has 2 nitrogen and oxygen atoms in total. The van der Waals surface area contributed by atoms with Crippen molar-refractivity contribution in [3.8, 4) is 0 Å². The summed E-state index contributed by atoms with van der Waals surface area (Å²) in [7, 11) is 0. The fraction of sp³-hybridized carbons (Fsp3) is 0.684. The summed E-state index contributed by atoms with van der Waals surface area (Å²) >= 11 is 0. The zero-order valence-corrected chi connectivity index (χ0v) is 13.9. The lowest BCUT2D eigenvalue weighted by molar-refractivity contribution is -0.0783. The number of hydrogen-bond donors (Lipinski definition) is 1. The van der Waals surface area contributed by atoms with Gasteiger partial charge in [-0.3, -0.25) is 0 Å². The monoisotopic (exact) mass is 287 g/mol. The van der Waals surface area contributed by atoms with Gasteiger partial charge in [0.2, 0.25) is 0 Å². The predicted octanol–water partition coefficient (Wildman–Crippen LogP) is 3.71. The standard InChI is InChI=1S/C19H29NO/c1-18(2)12-16(19(3,4)21-18)17(20)15-10-9-13-7-5-6-8-14(13)11-15/h5-8,15-17H,9-12,20H2,1-4H3. The second kappa shape index (κ2) is 5.10. The zero-order valence-electron chi connectivity index (χ0n) is 13.9. The maximum absolute atomic E-state index is 6.73. The zero-order chi connectivity index (χ0) is 15.3. The number of benzene rings is 1. The summed E-state index contributed by atoms with van der Waals surface area (Å²) in [6.07, 6.45) is 4.58. The van der Waals surface area contributed by atoms with Crippen LogP contribution in [0.5, 0.6) is 0 Å². The van der Waals surface area contributed by atoms with Crippen molar-refractivity contribution in [3.05, 3.63) is 35.4 Å². The van der Waals surface area contributed by atoms with Gasteiger partial charge in [-0.1, -0.05) is 24.3 Å². The van der Waals surface area contributed by atoms with Gasteiger partial charge in [0.1, 0.15) is 0 Å². The van der Waals surface area contributed by atoms with E-state index >= 15 is 0 Å². The summed E-state index contributed by atoms with van der Waals surface area (Å²) in [5.74, 6) is 1.03. The highest BCUT2D eigenvalue weighted by Gasteiger charge is 2.49. The molecule has 2 heteroatoms. The number of aryl methyl sites for hydroxylation is 1. The Morgan fingerprint density at radius 3 is 2.43 bits per heavy atom. The summed E-state index contributed by atoms with van der Waals surface area (Å²) in [5.41, 5.74) is 9.59. The minimum Gasteiger partial charge on any atom is -0.369 e. The van der Waals surface area contributed by atoms with Crippen LogP contribution in [0.1, 0.15) is 51.7 Å². The molecule has 2 aliphatic rings. The first-order valence-electron chi connectivity index (χ1n) is 8.31. The Morgan fingerprint density at radius 2 is 1.81 bits per heavy atom. The van der Waals surface area contributed by atoms with Crippen LogP contribution < -0.4 is 5.73 Å². The van der Waals surface area contributed by atoms with Gasteiger partial charge in [-0.15, -0.1) is 0 Å². The molecule has 116 valence electrons. The molecule has 2 N–H and O–H groups in total. The van der Waals surface area contributed by atoms with E-state index < -0.39 is 0 Å². The average Bonchev–Trinajstić information content (AvgIpc) is 2.65. The molecule has 1 heterocycles. The first-order valence-corrected chi connectivity index (χ1v) is 8.31. The normalized spacial score (nSPS) is 31.7. The highest BCUT2D eigenvalue weighted by Crippen LogP contribution is 2.45. The Labute approximate surface area is 129 Å². The summed E-state index contributed by atoms with van der Waals surface area (Å²) in [5, 5.41) is 0. The van der Waals surface area contributed by atoms with Crippen LogP contribution in [0.4, 0.5) is 0 Å². The minimum atomic E-state index is -0.111. The van der Waals surface area contributed by atoms with Crippen LogP contribution in [0.3, 0.4) is 0 Å². The Balaban J connectivity index is 1.76. The first-order chi connectivity index (χ1) is 9.78. The van der Waals surface area contributed by atoms with Crippen LogP contribution in [0.2, 0.25) is 0 Å². The molecule has 0 aromatic heterocycles. The van der Waals surface area contributed by atoms with Crippen molar-refractivity contribution in [3.63, 3.8) is 0 Å². The van der Waals surface area contributed by atoms with Crippen molar-refractivity contribution in [2.75, 3.05) is 0 Å². The molecule has 1 fully saturated rings. The van der Waals surface area contributed by atoms with Gasteiger partial charge >= 0.3 is 0 Å². The Kier molecular flexibility index (Phi) is 3.66. The average molecular weight is 287 g/mol. The maximum atomic E-state index is 6.73. The molecule has 3 unspecified atom stereocenters. The maximum Gasteiger partial charge on any atom is 0.0677 e. The molecule has 0 saturated carbocycles. The van der Waals surface area contributed by atoms with Crippen molar-refractivity contribution in [1.82, 2.24) is 0 Å². The number of fused-ring (bicyclic) bond motifs is 1. The van der Waals surface area contributed by atoms with E-state index in [1.807, 2.05) is 0 Å². The second-order valence-electron chi connectivity index (χ2n) is 8.12. The Morgan fingerprint density at radius 1 is 1.14 bits per heavy atom. The lowest BCUT2D eigenvalue weighted by Gasteiger charge is -2.37. The molecule has 0 amide bonds. The van der Waals surface area contributed by atoms with E-state index in [0.29, 0.717) is 11.8 Å². The van der Waals surface area contributed by atoms with E-state index in [-0.39, 0.29) is 17.2 Å². The molecule has 1 aliphatic carbocycles. The first kappa shape index (κ1) is 15.1. The van der Waals surface area contributed by atoms with Crippen LogP contribution in [-0.2, 0) is 17.6 Å². The van der Waals surface area contributed by atoms with Crippen molar-refractivity contribution >= 4 is 0 Å². The molecule has 3 atom stereocenters. The molecular weight excluding hydrogens is 258 g/mol. The van der Waals surface area contributed by atoms with Crippen LogP contribution in [-0.4, -0.2) is 17.2 Å². The van der Waals surface area contributed by atoms with Gasteiger partial charge in [0, 0.05) is 12.0 Å². The topological polar surface area (TPSA) is 35.2 Å². The predicted molar refractivity (Wildman–Crippen MR) is 87.3 cm³/mol. The van der Waals surface area contributed by atoms with Gasteiger partial charge in [0.05, 0.1) is 11.2 Å². The quantitative estimate of drug-likeness (QED) is 0.900. The van der Waals surface area contributed by atoms with Crippen LogP contribution in [0, 0.1) is 11.8 Å². The summed E-state index contributed by atoms with van der Waals surface area (Å²) < 4.78 is 6.25. The van der Waals surface area contributed by atoms with Crippen LogP contribution >= 0.6 is 0 Å².